The predicted octanol–water partition coefficient (Wildman–Crippen LogP) is 1.67. The molecule has 0 aromatic carbocycles. The third-order valence-electron chi connectivity index (χ3n) is 2.90. The van der Waals surface area contributed by atoms with Gasteiger partial charge in [-0.1, -0.05) is 0 Å². The van der Waals surface area contributed by atoms with Crippen molar-refractivity contribution in [3.63, 3.8) is 0 Å². The summed E-state index contributed by atoms with van der Waals surface area (Å²) in [5, 5.41) is 2.90. The minimum Gasteiger partial charge on any atom is -0.354 e. The normalized spacial score (nSPS) is 10.3. The van der Waals surface area contributed by atoms with Gasteiger partial charge in [-0.2, -0.15) is 0 Å². The summed E-state index contributed by atoms with van der Waals surface area (Å²) in [5.41, 5.74) is 2.24. The number of carbonyl (C=O) groups excluding carboxylic acids is 1. The second kappa shape index (κ2) is 6.00. The van der Waals surface area contributed by atoms with Gasteiger partial charge in [-0.3, -0.25) is 9.78 Å². The van der Waals surface area contributed by atoms with E-state index in [-0.39, 0.29) is 5.91 Å². The van der Waals surface area contributed by atoms with Crippen molar-refractivity contribution in [2.24, 2.45) is 7.05 Å². The Morgan fingerprint density at radius 3 is 2.78 bits per heavy atom. The van der Waals surface area contributed by atoms with Crippen LogP contribution in [0.4, 0.5) is 0 Å². The average molecular weight is 243 g/mol. The fraction of sp³-hybridized carbons (Fsp3) is 0.286. The molecule has 94 valence electrons. The fourth-order valence-corrected chi connectivity index (χ4v) is 1.79. The highest BCUT2D eigenvalue weighted by Crippen LogP contribution is 2.03. The number of hydrogen-bond acceptors (Lipinski definition) is 2. The molecule has 0 spiro atoms. The summed E-state index contributed by atoms with van der Waals surface area (Å²) in [6.07, 6.45) is 6.73. The molecular formula is C14H17N3O. The van der Waals surface area contributed by atoms with Crippen molar-refractivity contribution in [1.29, 1.82) is 0 Å². The van der Waals surface area contributed by atoms with Crippen molar-refractivity contribution in [1.82, 2.24) is 14.9 Å². The zero-order valence-electron chi connectivity index (χ0n) is 10.5. The van der Waals surface area contributed by atoms with Crippen LogP contribution in [0.25, 0.3) is 0 Å². The molecule has 0 aliphatic carbocycles. The summed E-state index contributed by atoms with van der Waals surface area (Å²) in [5.74, 6) is 0.0769. The van der Waals surface area contributed by atoms with Gasteiger partial charge in [0.05, 0.1) is 0 Å². The van der Waals surface area contributed by atoms with E-state index in [0.717, 1.165) is 12.0 Å². The quantitative estimate of drug-likeness (QED) is 0.868. The molecule has 0 aliphatic rings. The standard InChI is InChI=1S/C14H17N3O/c1-17-10-2-3-13(17)4-5-14(18)16-11-12-6-8-15-9-7-12/h2-3,6-10H,4-5,11H2,1H3,(H,16,18). The molecule has 0 bridgehead atoms. The van der Waals surface area contributed by atoms with E-state index < -0.39 is 0 Å². The molecule has 0 radical (unpaired) electrons. The Balaban J connectivity index is 1.75. The van der Waals surface area contributed by atoms with Crippen LogP contribution in [0.3, 0.4) is 0 Å². The Kier molecular flexibility index (Phi) is 4.12. The van der Waals surface area contributed by atoms with E-state index in [1.807, 2.05) is 42.1 Å². The molecule has 4 nitrogen and oxygen atoms in total. The van der Waals surface area contributed by atoms with Gasteiger partial charge in [0.15, 0.2) is 0 Å². The number of aryl methyl sites for hydroxylation is 2. The van der Waals surface area contributed by atoms with Gasteiger partial charge in [0.25, 0.3) is 0 Å². The number of rotatable bonds is 5. The van der Waals surface area contributed by atoms with Gasteiger partial charge < -0.3 is 9.88 Å². The first-order valence-corrected chi connectivity index (χ1v) is 6.01. The van der Waals surface area contributed by atoms with Crippen LogP contribution < -0.4 is 5.32 Å². The molecule has 1 amide bonds. The second-order valence-corrected chi connectivity index (χ2v) is 4.24. The van der Waals surface area contributed by atoms with Crippen LogP contribution in [0.5, 0.6) is 0 Å². The van der Waals surface area contributed by atoms with Gasteiger partial charge in [0.1, 0.15) is 0 Å². The van der Waals surface area contributed by atoms with E-state index in [1.165, 1.54) is 5.69 Å². The third kappa shape index (κ3) is 3.45. The SMILES string of the molecule is Cn1cccc1CCC(=O)NCc1ccncc1. The lowest BCUT2D eigenvalue weighted by atomic mass is 10.2. The van der Waals surface area contributed by atoms with Gasteiger partial charge in [-0.25, -0.2) is 0 Å². The summed E-state index contributed by atoms with van der Waals surface area (Å²) in [6.45, 7) is 0.564. The molecule has 1 N–H and O–H groups in total. The van der Waals surface area contributed by atoms with Gasteiger partial charge in [0, 0.05) is 44.3 Å². The molecule has 0 unspecified atom stereocenters. The summed E-state index contributed by atoms with van der Waals surface area (Å²) < 4.78 is 2.04. The van der Waals surface area contributed by atoms with Crippen molar-refractivity contribution in [3.05, 3.63) is 54.1 Å². The van der Waals surface area contributed by atoms with Crippen molar-refractivity contribution < 1.29 is 4.79 Å². The lowest BCUT2D eigenvalue weighted by molar-refractivity contribution is -0.121. The van der Waals surface area contributed by atoms with E-state index >= 15 is 0 Å². The summed E-state index contributed by atoms with van der Waals surface area (Å²) in [7, 11) is 1.99. The number of amides is 1. The van der Waals surface area contributed by atoms with E-state index in [4.69, 9.17) is 0 Å². The molecule has 2 rings (SSSR count). The first-order chi connectivity index (χ1) is 8.75. The van der Waals surface area contributed by atoms with E-state index in [0.29, 0.717) is 13.0 Å². The first kappa shape index (κ1) is 12.4. The van der Waals surface area contributed by atoms with Gasteiger partial charge in [-0.05, 0) is 36.2 Å². The molecule has 4 heteroatoms. The minimum atomic E-state index is 0.0769. The van der Waals surface area contributed by atoms with Crippen molar-refractivity contribution in [2.45, 2.75) is 19.4 Å². The van der Waals surface area contributed by atoms with Crippen molar-refractivity contribution in [2.75, 3.05) is 0 Å². The maximum Gasteiger partial charge on any atom is 0.220 e. The van der Waals surface area contributed by atoms with Crippen LogP contribution >= 0.6 is 0 Å². The van der Waals surface area contributed by atoms with Crippen LogP contribution in [0, 0.1) is 0 Å². The largest absolute Gasteiger partial charge is 0.354 e. The minimum absolute atomic E-state index is 0.0769. The number of aromatic nitrogens is 2. The first-order valence-electron chi connectivity index (χ1n) is 6.01. The molecule has 0 atom stereocenters. The highest BCUT2D eigenvalue weighted by Gasteiger charge is 2.03. The van der Waals surface area contributed by atoms with E-state index in [2.05, 4.69) is 10.3 Å². The Labute approximate surface area is 107 Å². The molecule has 18 heavy (non-hydrogen) atoms. The van der Waals surface area contributed by atoms with Crippen LogP contribution in [-0.4, -0.2) is 15.5 Å². The Morgan fingerprint density at radius 1 is 1.33 bits per heavy atom. The highest BCUT2D eigenvalue weighted by molar-refractivity contribution is 5.76. The number of carbonyl (C=O) groups is 1. The Morgan fingerprint density at radius 2 is 2.11 bits per heavy atom. The van der Waals surface area contributed by atoms with Gasteiger partial charge >= 0.3 is 0 Å². The molecule has 2 heterocycles. The van der Waals surface area contributed by atoms with Crippen LogP contribution in [-0.2, 0) is 24.8 Å². The maximum atomic E-state index is 11.7. The average Bonchev–Trinajstić information content (AvgIpc) is 2.81. The molecule has 0 saturated carbocycles. The molecule has 0 fully saturated rings. The highest BCUT2D eigenvalue weighted by atomic mass is 16.1. The zero-order chi connectivity index (χ0) is 12.8. The molecule has 2 aromatic heterocycles. The lowest BCUT2D eigenvalue weighted by Crippen LogP contribution is -2.23. The second-order valence-electron chi connectivity index (χ2n) is 4.24. The molecule has 2 aromatic rings. The molecular weight excluding hydrogens is 226 g/mol. The van der Waals surface area contributed by atoms with Crippen LogP contribution in [0.15, 0.2) is 42.9 Å². The Bertz CT molecular complexity index is 505. The number of nitrogens with one attached hydrogen (secondary N) is 1. The van der Waals surface area contributed by atoms with E-state index in [1.54, 1.807) is 12.4 Å². The summed E-state index contributed by atoms with van der Waals surface area (Å²) in [4.78, 5) is 15.6. The van der Waals surface area contributed by atoms with Gasteiger partial charge in [0.2, 0.25) is 5.91 Å². The van der Waals surface area contributed by atoms with Crippen molar-refractivity contribution >= 4 is 5.91 Å². The van der Waals surface area contributed by atoms with Crippen LogP contribution in [0.1, 0.15) is 17.7 Å². The van der Waals surface area contributed by atoms with Gasteiger partial charge in [-0.15, -0.1) is 0 Å². The maximum absolute atomic E-state index is 11.7. The summed E-state index contributed by atoms with van der Waals surface area (Å²) in [6, 6.07) is 7.83. The Hall–Kier alpha value is -2.10. The predicted molar refractivity (Wildman–Crippen MR) is 69.8 cm³/mol. The number of pyridine rings is 1. The molecule has 0 saturated heterocycles. The number of hydrogen-bond donors (Lipinski definition) is 1. The third-order valence-corrected chi connectivity index (χ3v) is 2.90. The van der Waals surface area contributed by atoms with Crippen LogP contribution in [0.2, 0.25) is 0 Å². The fourth-order valence-electron chi connectivity index (χ4n) is 1.79. The van der Waals surface area contributed by atoms with Crippen molar-refractivity contribution in [3.8, 4) is 0 Å². The lowest BCUT2D eigenvalue weighted by Gasteiger charge is -2.06. The van der Waals surface area contributed by atoms with E-state index in [9.17, 15) is 4.79 Å². The summed E-state index contributed by atoms with van der Waals surface area (Å²) >= 11 is 0. The monoisotopic (exact) mass is 243 g/mol. The smallest absolute Gasteiger partial charge is 0.220 e. The molecule has 0 aliphatic heterocycles. The topological polar surface area (TPSA) is 46.9 Å². The zero-order valence-corrected chi connectivity index (χ0v) is 10.5. The number of nitrogens with zero attached hydrogens (tertiary/aromatic N) is 2.